The van der Waals surface area contributed by atoms with Crippen molar-refractivity contribution in [1.82, 2.24) is 10.6 Å². The number of ether oxygens (including phenoxy) is 2. The third-order valence-electron chi connectivity index (χ3n) is 2.94. The van der Waals surface area contributed by atoms with Crippen molar-refractivity contribution in [3.63, 3.8) is 0 Å². The predicted molar refractivity (Wildman–Crippen MR) is 88.1 cm³/mol. The first-order valence-electron chi connectivity index (χ1n) is 7.83. The van der Waals surface area contributed by atoms with E-state index in [1.54, 1.807) is 13.8 Å². The fourth-order valence-electron chi connectivity index (χ4n) is 1.77. The molecule has 0 aliphatic rings. The van der Waals surface area contributed by atoms with Crippen LogP contribution >= 0.6 is 0 Å². The van der Waals surface area contributed by atoms with Gasteiger partial charge in [-0.2, -0.15) is 0 Å². The Kier molecular flexibility index (Phi) is 8.32. The molecule has 0 radical (unpaired) electrons. The first kappa shape index (κ1) is 19.5. The van der Waals surface area contributed by atoms with Gasteiger partial charge in [-0.25, -0.2) is 4.79 Å². The Morgan fingerprint density at radius 3 is 2.38 bits per heavy atom. The summed E-state index contributed by atoms with van der Waals surface area (Å²) in [5.74, 6) is -0.780. The number of benzene rings is 1. The van der Waals surface area contributed by atoms with E-state index in [1.165, 1.54) is 6.92 Å². The topological polar surface area (TPSA) is 93.7 Å². The second-order valence-corrected chi connectivity index (χ2v) is 5.51. The number of hydrogen-bond donors (Lipinski definition) is 2. The normalized spacial score (nSPS) is 11.5. The number of carbonyl (C=O) groups is 3. The molecule has 0 heterocycles. The Bertz CT molecular complexity index is 545. The minimum atomic E-state index is -0.769. The van der Waals surface area contributed by atoms with Gasteiger partial charge in [0.1, 0.15) is 12.6 Å². The van der Waals surface area contributed by atoms with E-state index in [1.807, 2.05) is 30.3 Å². The molecule has 1 rings (SSSR count). The number of esters is 1. The third kappa shape index (κ3) is 8.17. The molecule has 7 heteroatoms. The van der Waals surface area contributed by atoms with Crippen LogP contribution in [0.15, 0.2) is 30.3 Å². The molecule has 24 heavy (non-hydrogen) atoms. The van der Waals surface area contributed by atoms with Crippen molar-refractivity contribution in [3.05, 3.63) is 35.9 Å². The maximum absolute atomic E-state index is 11.8. The molecule has 1 aromatic carbocycles. The van der Waals surface area contributed by atoms with E-state index in [0.29, 0.717) is 0 Å². The Morgan fingerprint density at radius 2 is 1.75 bits per heavy atom. The quantitative estimate of drug-likeness (QED) is 0.706. The fourth-order valence-corrected chi connectivity index (χ4v) is 1.77. The summed E-state index contributed by atoms with van der Waals surface area (Å²) in [6.45, 7) is 5.32. The molecule has 132 valence electrons. The molecule has 1 aromatic rings. The Hall–Kier alpha value is -2.57. The summed E-state index contributed by atoms with van der Waals surface area (Å²) >= 11 is 0. The van der Waals surface area contributed by atoms with Crippen molar-refractivity contribution < 1.29 is 23.9 Å². The number of rotatable bonds is 8. The van der Waals surface area contributed by atoms with Gasteiger partial charge in [-0.15, -0.1) is 0 Å². The lowest BCUT2D eigenvalue weighted by Crippen LogP contribution is -2.45. The van der Waals surface area contributed by atoms with Crippen LogP contribution in [0.1, 0.15) is 32.8 Å². The van der Waals surface area contributed by atoms with Gasteiger partial charge in [0.15, 0.2) is 0 Å². The molecule has 0 bridgehead atoms. The zero-order valence-electron chi connectivity index (χ0n) is 14.2. The highest BCUT2D eigenvalue weighted by Gasteiger charge is 2.16. The second-order valence-electron chi connectivity index (χ2n) is 5.51. The van der Waals surface area contributed by atoms with Crippen molar-refractivity contribution >= 4 is 18.0 Å². The summed E-state index contributed by atoms with van der Waals surface area (Å²) < 4.78 is 9.98. The molecule has 0 aromatic heterocycles. The van der Waals surface area contributed by atoms with Crippen LogP contribution in [0.25, 0.3) is 0 Å². The van der Waals surface area contributed by atoms with Gasteiger partial charge in [0.25, 0.3) is 0 Å². The fraction of sp³-hybridized carbons (Fsp3) is 0.471. The van der Waals surface area contributed by atoms with Crippen LogP contribution < -0.4 is 10.6 Å². The lowest BCUT2D eigenvalue weighted by atomic mass is 10.2. The lowest BCUT2D eigenvalue weighted by Gasteiger charge is -2.14. The van der Waals surface area contributed by atoms with Gasteiger partial charge in [-0.05, 0) is 26.3 Å². The zero-order valence-corrected chi connectivity index (χ0v) is 14.2. The minimum Gasteiger partial charge on any atom is -0.463 e. The summed E-state index contributed by atoms with van der Waals surface area (Å²) in [5, 5.41) is 4.99. The molecule has 7 nitrogen and oxygen atoms in total. The molecule has 0 aliphatic heterocycles. The van der Waals surface area contributed by atoms with E-state index in [0.717, 1.165) is 5.56 Å². The van der Waals surface area contributed by atoms with Crippen molar-refractivity contribution in [2.75, 3.05) is 6.54 Å². The van der Waals surface area contributed by atoms with Gasteiger partial charge >= 0.3 is 12.1 Å². The largest absolute Gasteiger partial charge is 0.463 e. The average Bonchev–Trinajstić information content (AvgIpc) is 2.53. The average molecular weight is 336 g/mol. The van der Waals surface area contributed by atoms with Gasteiger partial charge in [-0.3, -0.25) is 9.59 Å². The van der Waals surface area contributed by atoms with Crippen LogP contribution in [0.3, 0.4) is 0 Å². The number of nitrogens with one attached hydrogen (secondary N) is 2. The highest BCUT2D eigenvalue weighted by molar-refractivity contribution is 5.85. The van der Waals surface area contributed by atoms with Crippen LogP contribution in [0.5, 0.6) is 0 Å². The molecule has 0 spiro atoms. The third-order valence-corrected chi connectivity index (χ3v) is 2.94. The van der Waals surface area contributed by atoms with Gasteiger partial charge in [-0.1, -0.05) is 30.3 Å². The monoisotopic (exact) mass is 336 g/mol. The molecule has 0 saturated heterocycles. The summed E-state index contributed by atoms with van der Waals surface area (Å²) in [7, 11) is 0. The van der Waals surface area contributed by atoms with Crippen LogP contribution in [-0.4, -0.2) is 36.7 Å². The first-order valence-corrected chi connectivity index (χ1v) is 7.83. The smallest absolute Gasteiger partial charge is 0.408 e. The molecule has 2 amide bonds. The van der Waals surface area contributed by atoms with Crippen LogP contribution in [0.4, 0.5) is 4.79 Å². The first-order chi connectivity index (χ1) is 11.4. The SMILES string of the molecule is CC(C)OC(=O)CCNC(=O)[C@H](C)NC(=O)OCc1ccccc1. The van der Waals surface area contributed by atoms with Gasteiger partial charge in [0.2, 0.25) is 5.91 Å². The Morgan fingerprint density at radius 1 is 1.08 bits per heavy atom. The highest BCUT2D eigenvalue weighted by atomic mass is 16.5. The van der Waals surface area contributed by atoms with E-state index in [-0.39, 0.29) is 31.6 Å². The second kappa shape index (κ2) is 10.3. The summed E-state index contributed by atoms with van der Waals surface area (Å²) in [5.41, 5.74) is 0.855. The number of amides is 2. The minimum absolute atomic E-state index is 0.0785. The molecule has 1 atom stereocenters. The van der Waals surface area contributed by atoms with Gasteiger partial charge in [0, 0.05) is 6.54 Å². The van der Waals surface area contributed by atoms with E-state index in [4.69, 9.17) is 9.47 Å². The van der Waals surface area contributed by atoms with E-state index in [9.17, 15) is 14.4 Å². The molecule has 0 saturated carbocycles. The molecular formula is C17H24N2O5. The van der Waals surface area contributed by atoms with Crippen LogP contribution in [-0.2, 0) is 25.7 Å². The maximum Gasteiger partial charge on any atom is 0.408 e. The molecule has 0 aliphatic carbocycles. The molecule has 0 unspecified atom stereocenters. The van der Waals surface area contributed by atoms with Gasteiger partial charge < -0.3 is 20.1 Å². The van der Waals surface area contributed by atoms with E-state index < -0.39 is 18.0 Å². The van der Waals surface area contributed by atoms with Crippen molar-refractivity contribution in [3.8, 4) is 0 Å². The summed E-state index contributed by atoms with van der Waals surface area (Å²) in [4.78, 5) is 34.8. The number of alkyl carbamates (subject to hydrolysis) is 1. The van der Waals surface area contributed by atoms with Crippen molar-refractivity contribution in [2.24, 2.45) is 0 Å². The molecule has 0 fully saturated rings. The summed E-state index contributed by atoms with van der Waals surface area (Å²) in [6, 6.07) is 8.45. The summed E-state index contributed by atoms with van der Waals surface area (Å²) in [6.07, 6.45) is -0.788. The van der Waals surface area contributed by atoms with E-state index >= 15 is 0 Å². The van der Waals surface area contributed by atoms with Gasteiger partial charge in [0.05, 0.1) is 12.5 Å². The van der Waals surface area contributed by atoms with Crippen molar-refractivity contribution in [2.45, 2.75) is 45.9 Å². The van der Waals surface area contributed by atoms with Crippen LogP contribution in [0, 0.1) is 0 Å². The van der Waals surface area contributed by atoms with Crippen LogP contribution in [0.2, 0.25) is 0 Å². The highest BCUT2D eigenvalue weighted by Crippen LogP contribution is 2.00. The lowest BCUT2D eigenvalue weighted by molar-refractivity contribution is -0.147. The molecule has 2 N–H and O–H groups in total. The predicted octanol–water partition coefficient (Wildman–Crippen LogP) is 1.76. The van der Waals surface area contributed by atoms with E-state index in [2.05, 4.69) is 10.6 Å². The Balaban J connectivity index is 2.23. The number of hydrogen-bond acceptors (Lipinski definition) is 5. The maximum atomic E-state index is 11.8. The standard InChI is InChI=1S/C17H24N2O5/c1-12(2)24-15(20)9-10-18-16(21)13(3)19-17(22)23-11-14-7-5-4-6-8-14/h4-8,12-13H,9-11H2,1-3H3,(H,18,21)(H,19,22)/t13-/m0/s1. The Labute approximate surface area is 141 Å². The molecular weight excluding hydrogens is 312 g/mol. The number of carbonyl (C=O) groups excluding carboxylic acids is 3. The van der Waals surface area contributed by atoms with Crippen molar-refractivity contribution in [1.29, 1.82) is 0 Å². The zero-order chi connectivity index (χ0) is 17.9.